The van der Waals surface area contributed by atoms with Crippen molar-refractivity contribution < 1.29 is 9.47 Å². The van der Waals surface area contributed by atoms with Crippen LogP contribution >= 0.6 is 0 Å². The fourth-order valence-electron chi connectivity index (χ4n) is 3.24. The van der Waals surface area contributed by atoms with Crippen LogP contribution in [-0.4, -0.2) is 41.2 Å². The molecule has 1 aromatic heterocycles. The second-order valence-corrected chi connectivity index (χ2v) is 6.70. The zero-order valence-corrected chi connectivity index (χ0v) is 15.7. The zero-order valence-electron chi connectivity index (χ0n) is 15.7. The van der Waals surface area contributed by atoms with Crippen LogP contribution in [0, 0.1) is 0 Å². The minimum Gasteiger partial charge on any atom is -0.494 e. The average molecular weight is 355 g/mol. The molecule has 3 rings (SSSR count). The van der Waals surface area contributed by atoms with Gasteiger partial charge in [0, 0.05) is 13.0 Å². The largest absolute Gasteiger partial charge is 0.494 e. The van der Waals surface area contributed by atoms with Gasteiger partial charge in [0.05, 0.1) is 25.6 Å². The number of aryl methyl sites for hydroxylation is 1. The summed E-state index contributed by atoms with van der Waals surface area (Å²) in [5, 5.41) is 0. The highest BCUT2D eigenvalue weighted by atomic mass is 16.5. The van der Waals surface area contributed by atoms with Gasteiger partial charge in [0.25, 0.3) is 0 Å². The van der Waals surface area contributed by atoms with Crippen LogP contribution in [0.5, 0.6) is 11.5 Å². The topological polar surface area (TPSA) is 47.5 Å². The van der Waals surface area contributed by atoms with Crippen molar-refractivity contribution in [2.45, 2.75) is 45.6 Å². The third-order valence-corrected chi connectivity index (χ3v) is 4.56. The fraction of sp³-hybridized carbons (Fsp3) is 0.524. The summed E-state index contributed by atoms with van der Waals surface area (Å²) in [5.74, 6) is 2.50. The minimum atomic E-state index is 0.632. The molecule has 0 aliphatic carbocycles. The van der Waals surface area contributed by atoms with Gasteiger partial charge in [0.1, 0.15) is 11.6 Å². The summed E-state index contributed by atoms with van der Waals surface area (Å²) in [7, 11) is 0. The van der Waals surface area contributed by atoms with Crippen LogP contribution in [0.4, 0.5) is 0 Å². The number of likely N-dealkylation sites (tertiary alicyclic amines) is 1. The van der Waals surface area contributed by atoms with E-state index in [4.69, 9.17) is 9.47 Å². The molecule has 0 radical (unpaired) electrons. The third kappa shape index (κ3) is 5.99. The number of hydrogen-bond donors (Lipinski definition) is 0. The lowest BCUT2D eigenvalue weighted by atomic mass is 10.1. The fourth-order valence-corrected chi connectivity index (χ4v) is 3.24. The highest BCUT2D eigenvalue weighted by Gasteiger charge is 2.10. The summed E-state index contributed by atoms with van der Waals surface area (Å²) in [6.45, 7) is 6.71. The van der Waals surface area contributed by atoms with E-state index in [1.165, 1.54) is 37.9 Å². The Morgan fingerprint density at radius 2 is 1.81 bits per heavy atom. The van der Waals surface area contributed by atoms with E-state index in [0.29, 0.717) is 13.2 Å². The maximum Gasteiger partial charge on any atom is 0.155 e. The maximum absolute atomic E-state index is 5.92. The molecule has 1 aromatic carbocycles. The van der Waals surface area contributed by atoms with Crippen LogP contribution in [0.3, 0.4) is 0 Å². The Balaban J connectivity index is 1.40. The molecule has 26 heavy (non-hydrogen) atoms. The van der Waals surface area contributed by atoms with Crippen LogP contribution in [0.2, 0.25) is 0 Å². The molecule has 5 nitrogen and oxygen atoms in total. The second-order valence-electron chi connectivity index (χ2n) is 6.70. The number of rotatable bonds is 9. The van der Waals surface area contributed by atoms with Gasteiger partial charge < -0.3 is 9.47 Å². The molecule has 0 spiro atoms. The lowest BCUT2D eigenvalue weighted by Gasteiger charge is -2.26. The number of nitrogens with zero attached hydrogens (tertiary/aromatic N) is 3. The normalized spacial score (nSPS) is 15.0. The molecule has 0 amide bonds. The Bertz CT molecular complexity index is 655. The van der Waals surface area contributed by atoms with Crippen molar-refractivity contribution in [3.8, 4) is 11.5 Å². The zero-order chi connectivity index (χ0) is 18.0. The summed E-state index contributed by atoms with van der Waals surface area (Å²) in [5.41, 5.74) is 1.33. The summed E-state index contributed by atoms with van der Waals surface area (Å²) in [6, 6.07) is 8.48. The molecular weight excluding hydrogens is 326 g/mol. The molecule has 2 aromatic rings. The number of ether oxygens (including phenoxy) is 2. The minimum absolute atomic E-state index is 0.632. The molecule has 5 heteroatoms. The van der Waals surface area contributed by atoms with Crippen LogP contribution in [0.15, 0.2) is 36.7 Å². The molecular formula is C21H29N3O2. The van der Waals surface area contributed by atoms with Crippen molar-refractivity contribution in [2.24, 2.45) is 0 Å². The SMILES string of the molecule is CCOc1cnc(CCCOc2cccc(CN3CCCCC3)c2)nc1. The third-order valence-electron chi connectivity index (χ3n) is 4.56. The Kier molecular flexibility index (Phi) is 7.25. The Morgan fingerprint density at radius 1 is 1.00 bits per heavy atom. The molecule has 140 valence electrons. The molecule has 1 aliphatic rings. The van der Waals surface area contributed by atoms with Gasteiger partial charge in [0.15, 0.2) is 5.75 Å². The molecule has 2 heterocycles. The summed E-state index contributed by atoms with van der Waals surface area (Å²) < 4.78 is 11.3. The van der Waals surface area contributed by atoms with E-state index in [9.17, 15) is 0 Å². The van der Waals surface area contributed by atoms with Crippen molar-refractivity contribution in [1.82, 2.24) is 14.9 Å². The number of benzene rings is 1. The van der Waals surface area contributed by atoms with Crippen molar-refractivity contribution in [3.05, 3.63) is 48.0 Å². The predicted molar refractivity (Wildman–Crippen MR) is 103 cm³/mol. The van der Waals surface area contributed by atoms with Gasteiger partial charge in [0.2, 0.25) is 0 Å². The Labute approximate surface area is 156 Å². The van der Waals surface area contributed by atoms with E-state index in [-0.39, 0.29) is 0 Å². The lowest BCUT2D eigenvalue weighted by molar-refractivity contribution is 0.220. The smallest absolute Gasteiger partial charge is 0.155 e. The van der Waals surface area contributed by atoms with Crippen LogP contribution in [0.1, 0.15) is 44.0 Å². The summed E-state index contributed by atoms with van der Waals surface area (Å²) in [6.07, 6.45) is 9.18. The lowest BCUT2D eigenvalue weighted by Crippen LogP contribution is -2.29. The Hall–Kier alpha value is -2.14. The highest BCUT2D eigenvalue weighted by molar-refractivity contribution is 5.28. The van der Waals surface area contributed by atoms with E-state index in [2.05, 4.69) is 33.1 Å². The first kappa shape index (κ1) is 18.6. The average Bonchev–Trinajstić information content (AvgIpc) is 2.68. The predicted octanol–water partition coefficient (Wildman–Crippen LogP) is 3.87. The summed E-state index contributed by atoms with van der Waals surface area (Å²) >= 11 is 0. The van der Waals surface area contributed by atoms with E-state index in [0.717, 1.165) is 36.7 Å². The molecule has 1 fully saturated rings. The van der Waals surface area contributed by atoms with Crippen LogP contribution < -0.4 is 9.47 Å². The molecule has 0 unspecified atom stereocenters. The van der Waals surface area contributed by atoms with Gasteiger partial charge >= 0.3 is 0 Å². The molecule has 0 bridgehead atoms. The summed E-state index contributed by atoms with van der Waals surface area (Å²) in [4.78, 5) is 11.2. The molecule has 1 aliphatic heterocycles. The highest BCUT2D eigenvalue weighted by Crippen LogP contribution is 2.18. The molecule has 1 saturated heterocycles. The van der Waals surface area contributed by atoms with Crippen molar-refractivity contribution in [3.63, 3.8) is 0 Å². The maximum atomic E-state index is 5.92. The van der Waals surface area contributed by atoms with Gasteiger partial charge in [-0.2, -0.15) is 0 Å². The molecule has 0 saturated carbocycles. The van der Waals surface area contributed by atoms with E-state index in [1.807, 2.05) is 13.0 Å². The number of hydrogen-bond acceptors (Lipinski definition) is 5. The van der Waals surface area contributed by atoms with Gasteiger partial charge in [-0.15, -0.1) is 0 Å². The van der Waals surface area contributed by atoms with Gasteiger partial charge in [-0.3, -0.25) is 4.90 Å². The van der Waals surface area contributed by atoms with E-state index in [1.54, 1.807) is 12.4 Å². The molecule has 0 atom stereocenters. The number of piperidine rings is 1. The van der Waals surface area contributed by atoms with Gasteiger partial charge in [-0.25, -0.2) is 9.97 Å². The van der Waals surface area contributed by atoms with Crippen LogP contribution in [-0.2, 0) is 13.0 Å². The first-order valence-corrected chi connectivity index (χ1v) is 9.71. The van der Waals surface area contributed by atoms with Crippen LogP contribution in [0.25, 0.3) is 0 Å². The first-order valence-electron chi connectivity index (χ1n) is 9.71. The van der Waals surface area contributed by atoms with E-state index >= 15 is 0 Å². The van der Waals surface area contributed by atoms with E-state index < -0.39 is 0 Å². The van der Waals surface area contributed by atoms with Crippen molar-refractivity contribution >= 4 is 0 Å². The standard InChI is InChI=1S/C21H29N3O2/c1-2-25-20-15-22-21(23-16-20)10-7-13-26-19-9-6-8-18(14-19)17-24-11-4-3-5-12-24/h6,8-9,14-16H,2-5,7,10-13,17H2,1H3. The van der Waals surface area contributed by atoms with Crippen molar-refractivity contribution in [1.29, 1.82) is 0 Å². The second kappa shape index (κ2) is 10.1. The van der Waals surface area contributed by atoms with Gasteiger partial charge in [-0.05, 0) is 57.0 Å². The monoisotopic (exact) mass is 355 g/mol. The quantitative estimate of drug-likeness (QED) is 0.639. The first-order chi connectivity index (χ1) is 12.8. The molecule has 0 N–H and O–H groups in total. The van der Waals surface area contributed by atoms with Crippen molar-refractivity contribution in [2.75, 3.05) is 26.3 Å². The number of aromatic nitrogens is 2. The van der Waals surface area contributed by atoms with Gasteiger partial charge in [-0.1, -0.05) is 18.6 Å². The Morgan fingerprint density at radius 3 is 2.58 bits per heavy atom.